The fourth-order valence-corrected chi connectivity index (χ4v) is 2.51. The second kappa shape index (κ2) is 4.42. The molecule has 2 fully saturated rings. The molecule has 0 spiro atoms. The smallest absolute Gasteiger partial charge is 0.322 e. The number of likely N-dealkylation sites (tertiary alicyclic amines) is 1. The molecule has 2 amide bonds. The highest BCUT2D eigenvalue weighted by molar-refractivity contribution is 5.90. The molecule has 0 atom stereocenters. The minimum atomic E-state index is -0.628. The number of methoxy groups -OCH3 is 1. The molecule has 19 heavy (non-hydrogen) atoms. The number of hydrogen-bond acceptors (Lipinski definition) is 3. The van der Waals surface area contributed by atoms with Crippen molar-refractivity contribution < 1.29 is 14.6 Å². The SMILES string of the molecule is COc1ccc(NC(=O)N2CC(O)(C3CC3)C2)cc1. The van der Waals surface area contributed by atoms with E-state index < -0.39 is 5.60 Å². The first-order valence-corrected chi connectivity index (χ1v) is 6.53. The summed E-state index contributed by atoms with van der Waals surface area (Å²) in [5, 5.41) is 13.0. The Bertz CT molecular complexity index is 476. The Morgan fingerprint density at radius 3 is 2.53 bits per heavy atom. The zero-order chi connectivity index (χ0) is 13.5. The van der Waals surface area contributed by atoms with Gasteiger partial charge in [0, 0.05) is 5.69 Å². The van der Waals surface area contributed by atoms with Gasteiger partial charge >= 0.3 is 6.03 Å². The van der Waals surface area contributed by atoms with E-state index in [9.17, 15) is 9.90 Å². The molecule has 1 saturated heterocycles. The number of carbonyl (C=O) groups is 1. The Kier molecular flexibility index (Phi) is 2.86. The molecule has 1 aromatic rings. The van der Waals surface area contributed by atoms with Gasteiger partial charge in [0.1, 0.15) is 11.4 Å². The van der Waals surface area contributed by atoms with Crippen molar-refractivity contribution in [1.82, 2.24) is 4.90 Å². The van der Waals surface area contributed by atoms with Crippen LogP contribution in [-0.2, 0) is 0 Å². The number of amides is 2. The number of anilines is 1. The Hall–Kier alpha value is -1.75. The molecule has 2 aliphatic rings. The second-order valence-corrected chi connectivity index (χ2v) is 5.39. The molecule has 5 heteroatoms. The first-order valence-electron chi connectivity index (χ1n) is 6.53. The zero-order valence-corrected chi connectivity index (χ0v) is 10.9. The summed E-state index contributed by atoms with van der Waals surface area (Å²) in [6.07, 6.45) is 2.18. The first-order chi connectivity index (χ1) is 9.10. The maximum Gasteiger partial charge on any atom is 0.322 e. The summed E-state index contributed by atoms with van der Waals surface area (Å²) in [6, 6.07) is 7.03. The summed E-state index contributed by atoms with van der Waals surface area (Å²) < 4.78 is 5.06. The molecule has 3 rings (SSSR count). The lowest BCUT2D eigenvalue weighted by molar-refractivity contribution is -0.0897. The van der Waals surface area contributed by atoms with Crippen LogP contribution in [0.4, 0.5) is 10.5 Å². The molecule has 1 aliphatic carbocycles. The van der Waals surface area contributed by atoms with Crippen LogP contribution < -0.4 is 10.1 Å². The van der Waals surface area contributed by atoms with E-state index in [0.29, 0.717) is 19.0 Å². The molecule has 5 nitrogen and oxygen atoms in total. The lowest BCUT2D eigenvalue weighted by Gasteiger charge is -2.46. The largest absolute Gasteiger partial charge is 0.497 e. The van der Waals surface area contributed by atoms with Crippen molar-refractivity contribution in [3.05, 3.63) is 24.3 Å². The molecule has 1 heterocycles. The third kappa shape index (κ3) is 2.38. The molecule has 1 aliphatic heterocycles. The van der Waals surface area contributed by atoms with Gasteiger partial charge in [0.15, 0.2) is 0 Å². The van der Waals surface area contributed by atoms with Crippen LogP contribution in [0, 0.1) is 5.92 Å². The minimum Gasteiger partial charge on any atom is -0.497 e. The van der Waals surface area contributed by atoms with Crippen LogP contribution in [0.2, 0.25) is 0 Å². The maximum absolute atomic E-state index is 12.0. The number of ether oxygens (including phenoxy) is 1. The zero-order valence-electron chi connectivity index (χ0n) is 10.9. The lowest BCUT2D eigenvalue weighted by atomic mass is 9.89. The Morgan fingerprint density at radius 1 is 1.37 bits per heavy atom. The summed E-state index contributed by atoms with van der Waals surface area (Å²) >= 11 is 0. The fourth-order valence-electron chi connectivity index (χ4n) is 2.51. The molecular formula is C14H18N2O3. The average Bonchev–Trinajstić information content (AvgIpc) is 3.20. The van der Waals surface area contributed by atoms with Crippen LogP contribution in [0.1, 0.15) is 12.8 Å². The van der Waals surface area contributed by atoms with Crippen molar-refractivity contribution in [3.8, 4) is 5.75 Å². The quantitative estimate of drug-likeness (QED) is 0.871. The van der Waals surface area contributed by atoms with Gasteiger partial charge in [-0.3, -0.25) is 0 Å². The van der Waals surface area contributed by atoms with Gasteiger partial charge in [0.25, 0.3) is 0 Å². The Morgan fingerprint density at radius 2 is 2.00 bits per heavy atom. The Labute approximate surface area is 112 Å². The first kappa shape index (κ1) is 12.3. The van der Waals surface area contributed by atoms with Crippen molar-refractivity contribution in [2.45, 2.75) is 18.4 Å². The summed E-state index contributed by atoms with van der Waals surface area (Å²) in [6.45, 7) is 0.888. The van der Waals surface area contributed by atoms with Crippen LogP contribution >= 0.6 is 0 Å². The van der Waals surface area contributed by atoms with E-state index in [0.717, 1.165) is 24.3 Å². The topological polar surface area (TPSA) is 61.8 Å². The Balaban J connectivity index is 1.54. The van der Waals surface area contributed by atoms with Crippen LogP contribution in [0.5, 0.6) is 5.75 Å². The van der Waals surface area contributed by atoms with Gasteiger partial charge in [-0.1, -0.05) is 0 Å². The standard InChI is InChI=1S/C14H18N2O3/c1-19-12-6-4-11(5-7-12)15-13(17)16-8-14(18,9-16)10-2-3-10/h4-7,10,18H,2-3,8-9H2,1H3,(H,15,17). The number of benzene rings is 1. The maximum atomic E-state index is 12.0. The third-order valence-electron chi connectivity index (χ3n) is 3.90. The number of hydrogen-bond donors (Lipinski definition) is 2. The van der Waals surface area contributed by atoms with Gasteiger partial charge in [-0.05, 0) is 43.0 Å². The molecular weight excluding hydrogens is 244 g/mol. The molecule has 0 bridgehead atoms. The number of carbonyl (C=O) groups excluding carboxylic acids is 1. The normalized spacial score (nSPS) is 20.6. The van der Waals surface area contributed by atoms with E-state index in [2.05, 4.69) is 5.32 Å². The van der Waals surface area contributed by atoms with Gasteiger partial charge in [0.05, 0.1) is 20.2 Å². The van der Waals surface area contributed by atoms with Gasteiger partial charge in [-0.2, -0.15) is 0 Å². The molecule has 0 aromatic heterocycles. The van der Waals surface area contributed by atoms with Crippen LogP contribution in [0.3, 0.4) is 0 Å². The lowest BCUT2D eigenvalue weighted by Crippen LogP contribution is -2.65. The summed E-state index contributed by atoms with van der Waals surface area (Å²) in [5.41, 5.74) is 0.102. The van der Waals surface area contributed by atoms with Crippen molar-refractivity contribution in [3.63, 3.8) is 0 Å². The van der Waals surface area contributed by atoms with Gasteiger partial charge in [-0.25, -0.2) is 4.79 Å². The highest BCUT2D eigenvalue weighted by Gasteiger charge is 2.53. The van der Waals surface area contributed by atoms with Crippen LogP contribution in [0.15, 0.2) is 24.3 Å². The highest BCUT2D eigenvalue weighted by Crippen LogP contribution is 2.44. The monoisotopic (exact) mass is 262 g/mol. The van der Waals surface area contributed by atoms with E-state index >= 15 is 0 Å². The van der Waals surface area contributed by atoms with Gasteiger partial charge in [0.2, 0.25) is 0 Å². The van der Waals surface area contributed by atoms with Crippen molar-refractivity contribution >= 4 is 11.7 Å². The number of nitrogens with zero attached hydrogens (tertiary/aromatic N) is 1. The summed E-state index contributed by atoms with van der Waals surface area (Å²) in [5.74, 6) is 1.16. The van der Waals surface area contributed by atoms with Crippen molar-refractivity contribution in [1.29, 1.82) is 0 Å². The number of nitrogens with one attached hydrogen (secondary N) is 1. The summed E-state index contributed by atoms with van der Waals surface area (Å²) in [7, 11) is 1.60. The molecule has 102 valence electrons. The van der Waals surface area contributed by atoms with E-state index in [-0.39, 0.29) is 6.03 Å². The van der Waals surface area contributed by atoms with Crippen molar-refractivity contribution in [2.24, 2.45) is 5.92 Å². The van der Waals surface area contributed by atoms with Gasteiger partial charge in [-0.15, -0.1) is 0 Å². The van der Waals surface area contributed by atoms with Crippen LogP contribution in [-0.4, -0.2) is 41.8 Å². The third-order valence-corrected chi connectivity index (χ3v) is 3.90. The predicted octanol–water partition coefficient (Wildman–Crippen LogP) is 1.68. The number of aliphatic hydroxyl groups is 1. The highest BCUT2D eigenvalue weighted by atomic mass is 16.5. The molecule has 0 unspecified atom stereocenters. The molecule has 1 aromatic carbocycles. The number of rotatable bonds is 3. The van der Waals surface area contributed by atoms with E-state index in [1.807, 2.05) is 0 Å². The minimum absolute atomic E-state index is 0.157. The second-order valence-electron chi connectivity index (χ2n) is 5.39. The van der Waals surface area contributed by atoms with Gasteiger partial charge < -0.3 is 20.1 Å². The van der Waals surface area contributed by atoms with E-state index in [1.54, 1.807) is 36.3 Å². The van der Waals surface area contributed by atoms with Crippen molar-refractivity contribution in [2.75, 3.05) is 25.5 Å². The summed E-state index contributed by atoms with van der Waals surface area (Å²) in [4.78, 5) is 13.6. The van der Waals surface area contributed by atoms with E-state index in [4.69, 9.17) is 4.74 Å². The predicted molar refractivity (Wildman–Crippen MR) is 71.3 cm³/mol. The molecule has 0 radical (unpaired) electrons. The van der Waals surface area contributed by atoms with Crippen LogP contribution in [0.25, 0.3) is 0 Å². The number of β-amino-alcohol motifs (C(OH)–C–C–N with tert-alkyl or cyclic N) is 1. The molecule has 2 N–H and O–H groups in total. The van der Waals surface area contributed by atoms with E-state index in [1.165, 1.54) is 0 Å². The fraction of sp³-hybridized carbons (Fsp3) is 0.500. The number of urea groups is 1. The molecule has 1 saturated carbocycles. The average molecular weight is 262 g/mol.